The van der Waals surface area contributed by atoms with Crippen molar-refractivity contribution in [3.05, 3.63) is 12.4 Å². The van der Waals surface area contributed by atoms with Gasteiger partial charge in [0.05, 0.1) is 18.9 Å². The second kappa shape index (κ2) is 4.01. The minimum atomic E-state index is -2.81. The summed E-state index contributed by atoms with van der Waals surface area (Å²) < 4.78 is 28.8. The Balaban J connectivity index is 2.52. The van der Waals surface area contributed by atoms with E-state index < -0.39 is 6.61 Å². The summed E-state index contributed by atoms with van der Waals surface area (Å²) in [6.07, 6.45) is 2.60. The Bertz CT molecular complexity index is 238. The molecule has 0 unspecified atom stereocenters. The number of halogens is 2. The monoisotopic (exact) mass is 177 g/mol. The highest BCUT2D eigenvalue weighted by Gasteiger charge is 2.05. The summed E-state index contributed by atoms with van der Waals surface area (Å²) in [7, 11) is 0. The lowest BCUT2D eigenvalue weighted by molar-refractivity contribution is -0.0499. The Morgan fingerprint density at radius 1 is 1.67 bits per heavy atom. The van der Waals surface area contributed by atoms with Crippen LogP contribution in [-0.2, 0) is 6.54 Å². The molecule has 1 aromatic rings. The van der Waals surface area contributed by atoms with Crippen LogP contribution in [0.25, 0.3) is 0 Å². The van der Waals surface area contributed by atoms with E-state index in [0.717, 1.165) is 0 Å². The first-order valence-electron chi connectivity index (χ1n) is 3.39. The molecule has 0 atom stereocenters. The quantitative estimate of drug-likeness (QED) is 0.726. The van der Waals surface area contributed by atoms with Gasteiger partial charge in [-0.1, -0.05) is 0 Å². The van der Waals surface area contributed by atoms with Gasteiger partial charge in [-0.25, -0.2) is 0 Å². The predicted molar refractivity (Wildman–Crippen MR) is 37.9 cm³/mol. The van der Waals surface area contributed by atoms with Crippen LogP contribution in [0.1, 0.15) is 0 Å². The summed E-state index contributed by atoms with van der Waals surface area (Å²) in [6.45, 7) is -1.90. The molecule has 0 aliphatic heterocycles. The highest BCUT2D eigenvalue weighted by molar-refractivity contribution is 5.11. The summed E-state index contributed by atoms with van der Waals surface area (Å²) in [4.78, 5) is 0. The number of alkyl halides is 2. The van der Waals surface area contributed by atoms with Crippen molar-refractivity contribution in [2.45, 2.75) is 13.2 Å². The molecule has 1 rings (SSSR count). The Hall–Kier alpha value is -1.17. The number of rotatable bonds is 4. The zero-order valence-corrected chi connectivity index (χ0v) is 6.28. The number of aromatic nitrogens is 2. The lowest BCUT2D eigenvalue weighted by atomic mass is 10.6. The zero-order valence-electron chi connectivity index (χ0n) is 6.28. The molecule has 4 nitrogen and oxygen atoms in total. The van der Waals surface area contributed by atoms with Crippen molar-refractivity contribution in [1.82, 2.24) is 9.78 Å². The van der Waals surface area contributed by atoms with E-state index >= 15 is 0 Å². The number of ether oxygens (including phenoxy) is 1. The van der Waals surface area contributed by atoms with Gasteiger partial charge in [-0.15, -0.1) is 0 Å². The molecule has 68 valence electrons. The molecule has 0 bridgehead atoms. The van der Waals surface area contributed by atoms with Crippen LogP contribution in [-0.4, -0.2) is 22.9 Å². The van der Waals surface area contributed by atoms with Crippen molar-refractivity contribution >= 4 is 0 Å². The molecule has 0 aliphatic carbocycles. The molecule has 1 heterocycles. The molecular weight excluding hydrogens is 168 g/mol. The van der Waals surface area contributed by atoms with Crippen molar-refractivity contribution in [3.63, 3.8) is 0 Å². The van der Waals surface area contributed by atoms with Crippen LogP contribution >= 0.6 is 0 Å². The Morgan fingerprint density at radius 2 is 2.42 bits per heavy atom. The third kappa shape index (κ3) is 2.46. The molecule has 0 aliphatic rings. The predicted octanol–water partition coefficient (Wildman–Crippen LogP) is 0.443. The first-order chi connectivity index (χ1) is 5.72. The van der Waals surface area contributed by atoms with Crippen LogP contribution in [0.15, 0.2) is 12.4 Å². The van der Waals surface area contributed by atoms with Crippen LogP contribution in [0, 0.1) is 0 Å². The molecule has 0 radical (unpaired) electrons. The molecule has 0 fully saturated rings. The number of hydrogen-bond donors (Lipinski definition) is 1. The van der Waals surface area contributed by atoms with E-state index in [1.165, 1.54) is 17.1 Å². The second-order valence-corrected chi connectivity index (χ2v) is 2.11. The third-order valence-electron chi connectivity index (χ3n) is 1.19. The topological polar surface area (TPSA) is 53.1 Å². The molecule has 6 heteroatoms. The summed E-state index contributed by atoms with van der Waals surface area (Å²) in [6, 6.07) is 0. The van der Waals surface area contributed by atoms with Crippen molar-refractivity contribution in [2.75, 3.05) is 6.54 Å². The van der Waals surface area contributed by atoms with Crippen molar-refractivity contribution in [1.29, 1.82) is 0 Å². The fourth-order valence-corrected chi connectivity index (χ4v) is 0.763. The minimum Gasteiger partial charge on any atom is -0.431 e. The maximum Gasteiger partial charge on any atom is 0.387 e. The van der Waals surface area contributed by atoms with Gasteiger partial charge >= 0.3 is 6.61 Å². The summed E-state index contributed by atoms with van der Waals surface area (Å²) in [5.74, 6) is 0.0541. The van der Waals surface area contributed by atoms with Gasteiger partial charge < -0.3 is 10.5 Å². The van der Waals surface area contributed by atoms with Gasteiger partial charge in [0.25, 0.3) is 0 Å². The number of nitrogens with two attached hydrogens (primary N) is 1. The standard InChI is InChI=1S/C6H9F2N3O/c7-6(8)12-5-3-10-11(4-5)2-1-9/h3-4,6H,1-2,9H2. The molecule has 2 N–H and O–H groups in total. The molecule has 1 aromatic heterocycles. The fraction of sp³-hybridized carbons (Fsp3) is 0.500. The Kier molecular flexibility index (Phi) is 2.98. The van der Waals surface area contributed by atoms with Gasteiger partial charge in [0.2, 0.25) is 0 Å². The first-order valence-corrected chi connectivity index (χ1v) is 3.39. The average Bonchev–Trinajstić information content (AvgIpc) is 2.36. The van der Waals surface area contributed by atoms with E-state index in [1.54, 1.807) is 0 Å². The summed E-state index contributed by atoms with van der Waals surface area (Å²) >= 11 is 0. The molecule has 0 aromatic carbocycles. The molecular formula is C6H9F2N3O. The van der Waals surface area contributed by atoms with Crippen LogP contribution < -0.4 is 10.5 Å². The Labute approximate surface area is 67.9 Å². The lowest BCUT2D eigenvalue weighted by Crippen LogP contribution is -2.09. The summed E-state index contributed by atoms with van der Waals surface area (Å²) in [5, 5.41) is 3.74. The van der Waals surface area contributed by atoms with Crippen LogP contribution in [0.2, 0.25) is 0 Å². The van der Waals surface area contributed by atoms with Crippen molar-refractivity contribution < 1.29 is 13.5 Å². The second-order valence-electron chi connectivity index (χ2n) is 2.11. The van der Waals surface area contributed by atoms with E-state index in [2.05, 4.69) is 9.84 Å². The fourth-order valence-electron chi connectivity index (χ4n) is 0.763. The van der Waals surface area contributed by atoms with Crippen molar-refractivity contribution in [2.24, 2.45) is 5.73 Å². The van der Waals surface area contributed by atoms with E-state index in [0.29, 0.717) is 13.1 Å². The molecule has 12 heavy (non-hydrogen) atoms. The molecule has 0 saturated carbocycles. The van der Waals surface area contributed by atoms with Gasteiger partial charge in [-0.2, -0.15) is 13.9 Å². The van der Waals surface area contributed by atoms with E-state index in [-0.39, 0.29) is 5.75 Å². The van der Waals surface area contributed by atoms with Crippen LogP contribution in [0.5, 0.6) is 5.75 Å². The normalized spacial score (nSPS) is 10.7. The van der Waals surface area contributed by atoms with E-state index in [1.807, 2.05) is 0 Å². The molecule has 0 amide bonds. The van der Waals surface area contributed by atoms with Crippen LogP contribution in [0.4, 0.5) is 8.78 Å². The van der Waals surface area contributed by atoms with Crippen molar-refractivity contribution in [3.8, 4) is 5.75 Å². The third-order valence-corrected chi connectivity index (χ3v) is 1.19. The highest BCUT2D eigenvalue weighted by Crippen LogP contribution is 2.11. The SMILES string of the molecule is NCCn1cc(OC(F)F)cn1. The van der Waals surface area contributed by atoms with Gasteiger partial charge in [0, 0.05) is 6.54 Å². The largest absolute Gasteiger partial charge is 0.431 e. The van der Waals surface area contributed by atoms with Gasteiger partial charge in [0.1, 0.15) is 0 Å². The van der Waals surface area contributed by atoms with Crippen LogP contribution in [0.3, 0.4) is 0 Å². The maximum absolute atomic E-state index is 11.6. The average molecular weight is 177 g/mol. The number of nitrogens with zero attached hydrogens (tertiary/aromatic N) is 2. The molecule has 0 spiro atoms. The summed E-state index contributed by atoms with van der Waals surface area (Å²) in [5.41, 5.74) is 5.22. The lowest BCUT2D eigenvalue weighted by Gasteiger charge is -1.98. The first kappa shape index (κ1) is 8.92. The zero-order chi connectivity index (χ0) is 8.97. The molecule has 0 saturated heterocycles. The highest BCUT2D eigenvalue weighted by atomic mass is 19.3. The number of hydrogen-bond acceptors (Lipinski definition) is 3. The Morgan fingerprint density at radius 3 is 3.00 bits per heavy atom. The van der Waals surface area contributed by atoms with E-state index in [4.69, 9.17) is 5.73 Å². The maximum atomic E-state index is 11.6. The smallest absolute Gasteiger partial charge is 0.387 e. The van der Waals surface area contributed by atoms with E-state index in [9.17, 15) is 8.78 Å². The van der Waals surface area contributed by atoms with Gasteiger partial charge in [-0.3, -0.25) is 4.68 Å². The minimum absolute atomic E-state index is 0.0541. The van der Waals surface area contributed by atoms with Gasteiger partial charge in [0.15, 0.2) is 5.75 Å². The van der Waals surface area contributed by atoms with Gasteiger partial charge in [-0.05, 0) is 0 Å².